The first-order valence-electron chi connectivity index (χ1n) is 9.43. The van der Waals surface area contributed by atoms with Gasteiger partial charge in [0.25, 0.3) is 0 Å². The van der Waals surface area contributed by atoms with E-state index >= 15 is 0 Å². The van der Waals surface area contributed by atoms with E-state index in [1.54, 1.807) is 11.3 Å². The van der Waals surface area contributed by atoms with Crippen molar-refractivity contribution in [3.8, 4) is 0 Å². The number of aryl methyl sites for hydroxylation is 1. The molecule has 1 aromatic carbocycles. The number of hydrogen-bond donors (Lipinski definition) is 4. The highest BCUT2D eigenvalue weighted by atomic mass is 127. The maximum Gasteiger partial charge on any atom is 0.191 e. The molecule has 0 aliphatic carbocycles. The van der Waals surface area contributed by atoms with Crippen molar-refractivity contribution in [3.63, 3.8) is 0 Å². The van der Waals surface area contributed by atoms with Gasteiger partial charge in [0.05, 0.1) is 6.54 Å². The highest BCUT2D eigenvalue weighted by molar-refractivity contribution is 14.0. The van der Waals surface area contributed by atoms with Crippen LogP contribution in [0, 0.1) is 0 Å². The third-order valence-electron chi connectivity index (χ3n) is 4.53. The molecule has 0 bridgehead atoms. The molecule has 4 N–H and O–H groups in total. The molecule has 1 unspecified atom stereocenters. The molecule has 7 heteroatoms. The van der Waals surface area contributed by atoms with Crippen molar-refractivity contribution in [1.82, 2.24) is 15.6 Å². The fourth-order valence-electron chi connectivity index (χ4n) is 3.06. The Morgan fingerprint density at radius 1 is 1.21 bits per heavy atom. The first-order chi connectivity index (χ1) is 13.1. The number of nitrogens with one attached hydrogen (secondary N) is 3. The number of aromatic amines is 1. The molecule has 3 aromatic rings. The number of guanidine groups is 1. The summed E-state index contributed by atoms with van der Waals surface area (Å²) in [5.74, 6) is 0.744. The van der Waals surface area contributed by atoms with Crippen molar-refractivity contribution in [2.45, 2.75) is 32.3 Å². The molecule has 28 heavy (non-hydrogen) atoms. The summed E-state index contributed by atoms with van der Waals surface area (Å²) in [4.78, 5) is 8.83. The lowest BCUT2D eigenvalue weighted by molar-refractivity contribution is 0.0711. The number of benzene rings is 1. The maximum atomic E-state index is 10.6. The van der Waals surface area contributed by atoms with Crippen LogP contribution in [0.1, 0.15) is 30.7 Å². The lowest BCUT2D eigenvalue weighted by Gasteiger charge is -2.20. The Hall–Kier alpha value is -1.58. The molecule has 152 valence electrons. The number of halogens is 1. The second-order valence-electron chi connectivity index (χ2n) is 6.84. The van der Waals surface area contributed by atoms with Crippen LogP contribution >= 0.6 is 35.3 Å². The number of aliphatic imine (C=N–C) groups is 1. The number of nitrogens with zero attached hydrogens (tertiary/aromatic N) is 1. The minimum Gasteiger partial charge on any atom is -0.383 e. The highest BCUT2D eigenvalue weighted by Gasteiger charge is 2.23. The molecule has 0 aliphatic heterocycles. The van der Waals surface area contributed by atoms with Crippen LogP contribution in [0.5, 0.6) is 0 Å². The van der Waals surface area contributed by atoms with Crippen LogP contribution in [0.2, 0.25) is 0 Å². The predicted molar refractivity (Wildman–Crippen MR) is 130 cm³/mol. The van der Waals surface area contributed by atoms with Gasteiger partial charge in [0, 0.05) is 35.1 Å². The maximum absolute atomic E-state index is 10.6. The smallest absolute Gasteiger partial charge is 0.191 e. The van der Waals surface area contributed by atoms with Gasteiger partial charge in [-0.1, -0.05) is 24.3 Å². The van der Waals surface area contributed by atoms with E-state index in [0.29, 0.717) is 6.54 Å². The number of H-pyrrole nitrogens is 1. The zero-order chi connectivity index (χ0) is 19.1. The molecule has 0 spiro atoms. The molecule has 3 rings (SSSR count). The quantitative estimate of drug-likeness (QED) is 0.158. The first-order valence-corrected chi connectivity index (χ1v) is 10.3. The third kappa shape index (κ3) is 5.96. The molecule has 2 heterocycles. The summed E-state index contributed by atoms with van der Waals surface area (Å²) in [6.07, 6.45) is 4.11. The highest BCUT2D eigenvalue weighted by Crippen LogP contribution is 2.25. The van der Waals surface area contributed by atoms with Gasteiger partial charge in [-0.3, -0.25) is 0 Å². The van der Waals surface area contributed by atoms with Gasteiger partial charge in [0.15, 0.2) is 5.96 Å². The number of thiophene rings is 1. The summed E-state index contributed by atoms with van der Waals surface area (Å²) in [6, 6.07) is 12.3. The average molecular weight is 512 g/mol. The largest absolute Gasteiger partial charge is 0.383 e. The van der Waals surface area contributed by atoms with Gasteiger partial charge >= 0.3 is 0 Å². The monoisotopic (exact) mass is 512 g/mol. The SMILES string of the molecule is CCNC(=NCC(C)(O)c1cccs1)NCCCc1c[nH]c2ccccc12.I. The van der Waals surface area contributed by atoms with Crippen LogP contribution in [0.15, 0.2) is 53.0 Å². The topological polar surface area (TPSA) is 72.4 Å². The van der Waals surface area contributed by atoms with Gasteiger partial charge < -0.3 is 20.7 Å². The molecule has 1 atom stereocenters. The zero-order valence-corrected chi connectivity index (χ0v) is 19.5. The minimum absolute atomic E-state index is 0. The van der Waals surface area contributed by atoms with Gasteiger partial charge in [-0.05, 0) is 49.8 Å². The summed E-state index contributed by atoms with van der Waals surface area (Å²) >= 11 is 1.55. The van der Waals surface area contributed by atoms with E-state index in [4.69, 9.17) is 0 Å². The lowest BCUT2D eigenvalue weighted by Crippen LogP contribution is -2.39. The van der Waals surface area contributed by atoms with Crippen LogP contribution in [0.4, 0.5) is 0 Å². The fraction of sp³-hybridized carbons (Fsp3) is 0.381. The summed E-state index contributed by atoms with van der Waals surface area (Å²) < 4.78 is 0. The molecule has 0 amide bonds. The van der Waals surface area contributed by atoms with Gasteiger partial charge in [-0.2, -0.15) is 0 Å². The number of hydrogen-bond acceptors (Lipinski definition) is 3. The first kappa shape index (κ1) is 22.7. The molecule has 2 aromatic heterocycles. The lowest BCUT2D eigenvalue weighted by atomic mass is 10.1. The van der Waals surface area contributed by atoms with E-state index in [0.717, 1.165) is 36.8 Å². The standard InChI is InChI=1S/C21H28N4OS.HI/c1-3-22-20(25-15-21(2,26)19-11-7-13-27-19)23-12-6-8-16-14-24-18-10-5-4-9-17(16)18;/h4-5,7,9-11,13-14,24,26H,3,6,8,12,15H2,1-2H3,(H2,22,23,25);1H. The average Bonchev–Trinajstić information content (AvgIpc) is 3.34. The number of para-hydroxylation sites is 1. The van der Waals surface area contributed by atoms with Crippen molar-refractivity contribution in [2.75, 3.05) is 19.6 Å². The molecular weight excluding hydrogens is 483 g/mol. The molecule has 0 saturated heterocycles. The van der Waals surface area contributed by atoms with Crippen molar-refractivity contribution in [3.05, 3.63) is 58.4 Å². The van der Waals surface area contributed by atoms with Crippen molar-refractivity contribution >= 4 is 52.2 Å². The summed E-state index contributed by atoms with van der Waals surface area (Å²) in [5, 5.41) is 20.5. The van der Waals surface area contributed by atoms with E-state index in [2.05, 4.69) is 51.1 Å². The summed E-state index contributed by atoms with van der Waals surface area (Å²) in [7, 11) is 0. The normalized spacial score (nSPS) is 13.8. The van der Waals surface area contributed by atoms with Gasteiger partial charge in [-0.25, -0.2) is 4.99 Å². The molecular formula is C21H29IN4OS. The van der Waals surface area contributed by atoms with Crippen LogP contribution in [-0.2, 0) is 12.0 Å². The van der Waals surface area contributed by atoms with E-state index in [1.165, 1.54) is 16.5 Å². The second-order valence-corrected chi connectivity index (χ2v) is 7.78. The number of rotatable bonds is 8. The Morgan fingerprint density at radius 3 is 2.79 bits per heavy atom. The summed E-state index contributed by atoms with van der Waals surface area (Å²) in [5.41, 5.74) is 1.58. The molecule has 0 aliphatic rings. The van der Waals surface area contributed by atoms with E-state index in [-0.39, 0.29) is 24.0 Å². The van der Waals surface area contributed by atoms with Gasteiger partial charge in [-0.15, -0.1) is 35.3 Å². The molecule has 5 nitrogen and oxygen atoms in total. The Kier molecular flexibility index (Phi) is 8.78. The van der Waals surface area contributed by atoms with Crippen molar-refractivity contribution in [2.24, 2.45) is 4.99 Å². The van der Waals surface area contributed by atoms with Crippen molar-refractivity contribution < 1.29 is 5.11 Å². The van der Waals surface area contributed by atoms with E-state index in [1.807, 2.05) is 31.4 Å². The Balaban J connectivity index is 0.00000280. The van der Waals surface area contributed by atoms with Gasteiger partial charge in [0.2, 0.25) is 0 Å². The number of aromatic nitrogens is 1. The Labute approximate surface area is 187 Å². The van der Waals surface area contributed by atoms with E-state index in [9.17, 15) is 5.11 Å². The number of aliphatic hydroxyl groups is 1. The fourth-order valence-corrected chi connectivity index (χ4v) is 3.84. The molecule has 0 radical (unpaired) electrons. The third-order valence-corrected chi connectivity index (χ3v) is 5.65. The summed E-state index contributed by atoms with van der Waals surface area (Å²) in [6.45, 7) is 5.79. The van der Waals surface area contributed by atoms with Crippen LogP contribution in [0.3, 0.4) is 0 Å². The minimum atomic E-state index is -0.944. The predicted octanol–water partition coefficient (Wildman–Crippen LogP) is 4.24. The zero-order valence-electron chi connectivity index (χ0n) is 16.4. The second kappa shape index (κ2) is 10.8. The number of fused-ring (bicyclic) bond motifs is 1. The Morgan fingerprint density at radius 2 is 2.04 bits per heavy atom. The molecule has 0 fully saturated rings. The van der Waals surface area contributed by atoms with Crippen LogP contribution in [0.25, 0.3) is 10.9 Å². The van der Waals surface area contributed by atoms with E-state index < -0.39 is 5.60 Å². The van der Waals surface area contributed by atoms with Crippen molar-refractivity contribution in [1.29, 1.82) is 0 Å². The van der Waals surface area contributed by atoms with Crippen LogP contribution < -0.4 is 10.6 Å². The van der Waals surface area contributed by atoms with Gasteiger partial charge in [0.1, 0.15) is 5.60 Å². The Bertz CT molecular complexity index is 874. The molecule has 0 saturated carbocycles. The van der Waals surface area contributed by atoms with Crippen LogP contribution in [-0.4, -0.2) is 35.7 Å².